The van der Waals surface area contributed by atoms with Gasteiger partial charge >= 0.3 is 0 Å². The summed E-state index contributed by atoms with van der Waals surface area (Å²) in [5.74, 6) is 0.727. The van der Waals surface area contributed by atoms with Crippen LogP contribution in [0.1, 0.15) is 44.1 Å². The van der Waals surface area contributed by atoms with Crippen molar-refractivity contribution < 1.29 is 19.1 Å². The minimum atomic E-state index is -0.533. The SMILES string of the molecule is COc1cccc(C2(NC(=O)[C@@H]3CC[C@H](C(=O)N4CCCC4)O3)CC2)c1. The summed E-state index contributed by atoms with van der Waals surface area (Å²) in [5.41, 5.74) is 0.749. The third-order valence-corrected chi connectivity index (χ3v) is 5.74. The number of likely N-dealkylation sites (tertiary alicyclic amines) is 1. The Kier molecular flexibility index (Phi) is 4.61. The second-order valence-corrected chi connectivity index (χ2v) is 7.53. The fourth-order valence-corrected chi connectivity index (χ4v) is 4.00. The van der Waals surface area contributed by atoms with Gasteiger partial charge in [-0.1, -0.05) is 12.1 Å². The Morgan fingerprint density at radius 2 is 1.92 bits per heavy atom. The van der Waals surface area contributed by atoms with Crippen molar-refractivity contribution in [2.45, 2.75) is 56.3 Å². The van der Waals surface area contributed by atoms with E-state index in [1.807, 2.05) is 29.2 Å². The monoisotopic (exact) mass is 358 g/mol. The molecule has 0 bridgehead atoms. The second kappa shape index (κ2) is 6.91. The smallest absolute Gasteiger partial charge is 0.251 e. The van der Waals surface area contributed by atoms with Crippen LogP contribution in [0.25, 0.3) is 0 Å². The highest BCUT2D eigenvalue weighted by Gasteiger charge is 2.48. The van der Waals surface area contributed by atoms with E-state index >= 15 is 0 Å². The molecule has 1 aromatic carbocycles. The zero-order valence-electron chi connectivity index (χ0n) is 15.2. The van der Waals surface area contributed by atoms with Gasteiger partial charge in [-0.05, 0) is 56.2 Å². The Bertz CT molecular complexity index is 695. The number of hydrogen-bond donors (Lipinski definition) is 1. The number of carbonyl (C=O) groups excluding carboxylic acids is 2. The van der Waals surface area contributed by atoms with Crippen LogP contribution in [0.3, 0.4) is 0 Å². The topological polar surface area (TPSA) is 67.9 Å². The highest BCUT2D eigenvalue weighted by molar-refractivity contribution is 5.85. The Morgan fingerprint density at radius 3 is 2.62 bits per heavy atom. The summed E-state index contributed by atoms with van der Waals surface area (Å²) in [4.78, 5) is 27.1. The second-order valence-electron chi connectivity index (χ2n) is 7.53. The van der Waals surface area contributed by atoms with Gasteiger partial charge in [-0.25, -0.2) is 0 Å². The molecule has 6 heteroatoms. The molecule has 2 atom stereocenters. The van der Waals surface area contributed by atoms with Crippen molar-refractivity contribution in [3.63, 3.8) is 0 Å². The molecular formula is C20H26N2O4. The van der Waals surface area contributed by atoms with Crippen molar-refractivity contribution in [1.82, 2.24) is 10.2 Å². The number of hydrogen-bond acceptors (Lipinski definition) is 4. The van der Waals surface area contributed by atoms with E-state index in [0.717, 1.165) is 50.1 Å². The first-order chi connectivity index (χ1) is 12.6. The van der Waals surface area contributed by atoms with Crippen molar-refractivity contribution in [2.75, 3.05) is 20.2 Å². The number of nitrogens with one attached hydrogen (secondary N) is 1. The van der Waals surface area contributed by atoms with Crippen LogP contribution in [0.4, 0.5) is 0 Å². The van der Waals surface area contributed by atoms with Crippen molar-refractivity contribution in [3.05, 3.63) is 29.8 Å². The molecule has 0 radical (unpaired) electrons. The third kappa shape index (κ3) is 3.30. The molecule has 2 amide bonds. The van der Waals surface area contributed by atoms with Crippen LogP contribution < -0.4 is 10.1 Å². The molecule has 0 aromatic heterocycles. The summed E-state index contributed by atoms with van der Waals surface area (Å²) >= 11 is 0. The lowest BCUT2D eigenvalue weighted by molar-refractivity contribution is -0.146. The largest absolute Gasteiger partial charge is 0.497 e. The lowest BCUT2D eigenvalue weighted by Gasteiger charge is -2.22. The van der Waals surface area contributed by atoms with Gasteiger partial charge in [-0.3, -0.25) is 9.59 Å². The summed E-state index contributed by atoms with van der Waals surface area (Å²) in [6.45, 7) is 1.63. The molecule has 4 rings (SSSR count). The minimum Gasteiger partial charge on any atom is -0.497 e. The van der Waals surface area contributed by atoms with Gasteiger partial charge in [-0.2, -0.15) is 0 Å². The summed E-state index contributed by atoms with van der Waals surface area (Å²) in [5, 5.41) is 3.16. The normalized spacial score (nSPS) is 26.6. The summed E-state index contributed by atoms with van der Waals surface area (Å²) < 4.78 is 11.1. The van der Waals surface area contributed by atoms with E-state index in [0.29, 0.717) is 12.8 Å². The van der Waals surface area contributed by atoms with E-state index in [1.165, 1.54) is 0 Å². The van der Waals surface area contributed by atoms with Crippen LogP contribution >= 0.6 is 0 Å². The molecule has 6 nitrogen and oxygen atoms in total. The summed E-state index contributed by atoms with van der Waals surface area (Å²) in [7, 11) is 1.64. The molecule has 140 valence electrons. The zero-order chi connectivity index (χ0) is 18.1. The number of benzene rings is 1. The van der Waals surface area contributed by atoms with Crippen LogP contribution in [0.5, 0.6) is 5.75 Å². The Labute approximate surface area is 153 Å². The van der Waals surface area contributed by atoms with Gasteiger partial charge in [0.25, 0.3) is 5.91 Å². The summed E-state index contributed by atoms with van der Waals surface area (Å²) in [6, 6.07) is 7.83. The first kappa shape index (κ1) is 17.3. The molecule has 26 heavy (non-hydrogen) atoms. The van der Waals surface area contributed by atoms with Gasteiger partial charge in [0.1, 0.15) is 18.0 Å². The molecule has 2 saturated heterocycles. The maximum Gasteiger partial charge on any atom is 0.251 e. The minimum absolute atomic E-state index is 0.0479. The van der Waals surface area contributed by atoms with Gasteiger partial charge in [0.15, 0.2) is 0 Å². The van der Waals surface area contributed by atoms with Gasteiger partial charge in [-0.15, -0.1) is 0 Å². The van der Waals surface area contributed by atoms with Crippen LogP contribution in [0.15, 0.2) is 24.3 Å². The molecule has 1 N–H and O–H groups in total. The number of carbonyl (C=O) groups is 2. The zero-order valence-corrected chi connectivity index (χ0v) is 15.2. The van der Waals surface area contributed by atoms with Crippen LogP contribution in [-0.2, 0) is 19.9 Å². The number of methoxy groups -OCH3 is 1. The molecule has 3 fully saturated rings. The van der Waals surface area contributed by atoms with Crippen LogP contribution in [0, 0.1) is 0 Å². The number of rotatable bonds is 5. The molecule has 2 aliphatic heterocycles. The van der Waals surface area contributed by atoms with Crippen molar-refractivity contribution in [2.24, 2.45) is 0 Å². The van der Waals surface area contributed by atoms with Crippen molar-refractivity contribution in [1.29, 1.82) is 0 Å². The number of ether oxygens (including phenoxy) is 2. The van der Waals surface area contributed by atoms with Gasteiger partial charge in [0, 0.05) is 13.1 Å². The molecule has 0 spiro atoms. The van der Waals surface area contributed by atoms with Gasteiger partial charge in [0.2, 0.25) is 5.91 Å². The highest BCUT2D eigenvalue weighted by Crippen LogP contribution is 2.46. The Balaban J connectivity index is 1.37. The average Bonchev–Trinajstić information content (AvgIpc) is 3.09. The fourth-order valence-electron chi connectivity index (χ4n) is 4.00. The van der Waals surface area contributed by atoms with E-state index < -0.39 is 12.2 Å². The highest BCUT2D eigenvalue weighted by atomic mass is 16.5. The quantitative estimate of drug-likeness (QED) is 0.874. The first-order valence-corrected chi connectivity index (χ1v) is 9.52. The first-order valence-electron chi connectivity index (χ1n) is 9.52. The lowest BCUT2D eigenvalue weighted by Crippen LogP contribution is -2.43. The fraction of sp³-hybridized carbons (Fsp3) is 0.600. The molecule has 1 saturated carbocycles. The Hall–Kier alpha value is -2.08. The maximum absolute atomic E-state index is 12.7. The molecule has 0 unspecified atom stereocenters. The standard InChI is InChI=1S/C20H26N2O4/c1-25-15-6-4-5-14(13-15)20(9-10-20)21-18(23)16-7-8-17(26-16)19(24)22-11-2-3-12-22/h4-6,13,16-17H,2-3,7-12H2,1H3,(H,21,23)/t16-,17+/m0/s1. The predicted molar refractivity (Wildman–Crippen MR) is 95.8 cm³/mol. The number of amides is 2. The van der Waals surface area contributed by atoms with E-state index in [4.69, 9.17) is 9.47 Å². The number of nitrogens with zero attached hydrogens (tertiary/aromatic N) is 1. The van der Waals surface area contributed by atoms with Crippen LogP contribution in [-0.4, -0.2) is 49.1 Å². The van der Waals surface area contributed by atoms with Gasteiger partial charge < -0.3 is 19.7 Å². The van der Waals surface area contributed by atoms with E-state index in [9.17, 15) is 9.59 Å². The molecule has 3 aliphatic rings. The lowest BCUT2D eigenvalue weighted by atomic mass is 10.0. The molecular weight excluding hydrogens is 332 g/mol. The van der Waals surface area contributed by atoms with Crippen molar-refractivity contribution in [3.8, 4) is 5.75 Å². The van der Waals surface area contributed by atoms with E-state index in [2.05, 4.69) is 5.32 Å². The van der Waals surface area contributed by atoms with Crippen molar-refractivity contribution >= 4 is 11.8 Å². The van der Waals surface area contributed by atoms with E-state index in [-0.39, 0.29) is 17.4 Å². The predicted octanol–water partition coefficient (Wildman–Crippen LogP) is 1.97. The average molecular weight is 358 g/mol. The summed E-state index contributed by atoms with van der Waals surface area (Å²) in [6.07, 6.45) is 4.18. The maximum atomic E-state index is 12.7. The molecule has 1 aromatic rings. The van der Waals surface area contributed by atoms with Crippen LogP contribution in [0.2, 0.25) is 0 Å². The Morgan fingerprint density at radius 1 is 1.19 bits per heavy atom. The molecule has 2 heterocycles. The molecule has 1 aliphatic carbocycles. The van der Waals surface area contributed by atoms with E-state index in [1.54, 1.807) is 7.11 Å². The van der Waals surface area contributed by atoms with Gasteiger partial charge in [0.05, 0.1) is 12.6 Å². The third-order valence-electron chi connectivity index (χ3n) is 5.74.